The van der Waals surface area contributed by atoms with Crippen molar-refractivity contribution in [2.45, 2.75) is 64.6 Å². The van der Waals surface area contributed by atoms with Crippen molar-refractivity contribution < 1.29 is 4.79 Å². The number of nitrogens with zero attached hydrogens (tertiary/aromatic N) is 3. The molecule has 1 amide bonds. The molecule has 22 heavy (non-hydrogen) atoms. The van der Waals surface area contributed by atoms with Gasteiger partial charge in [0.1, 0.15) is 5.69 Å². The fourth-order valence-corrected chi connectivity index (χ4v) is 4.14. The third-order valence-corrected chi connectivity index (χ3v) is 5.23. The van der Waals surface area contributed by atoms with E-state index >= 15 is 0 Å². The maximum absolute atomic E-state index is 12.7. The first-order valence-corrected chi connectivity index (χ1v) is 8.56. The van der Waals surface area contributed by atoms with E-state index in [0.717, 1.165) is 25.2 Å². The van der Waals surface area contributed by atoms with E-state index in [9.17, 15) is 4.79 Å². The smallest absolute Gasteiger partial charge is 0.272 e. The van der Waals surface area contributed by atoms with E-state index in [1.54, 1.807) is 0 Å². The quantitative estimate of drug-likeness (QED) is 0.843. The number of hydrogen-bond donors (Lipinski definition) is 0. The number of carbonyl (C=O) groups excluding carboxylic acids is 1. The normalized spacial score (nSPS) is 29.8. The highest BCUT2D eigenvalue weighted by molar-refractivity contribution is 5.92. The molecule has 0 unspecified atom stereocenters. The molecule has 2 saturated heterocycles. The number of pyridine rings is 1. The summed E-state index contributed by atoms with van der Waals surface area (Å²) in [6.45, 7) is 8.30. The van der Waals surface area contributed by atoms with Crippen LogP contribution in [0.25, 0.3) is 0 Å². The minimum Gasteiger partial charge on any atom is -0.336 e. The average molecular weight is 301 g/mol. The average Bonchev–Trinajstić information content (AvgIpc) is 2.85. The highest BCUT2D eigenvalue weighted by atomic mass is 16.2. The molecule has 0 bridgehead atoms. The van der Waals surface area contributed by atoms with Gasteiger partial charge in [-0.05, 0) is 58.6 Å². The Morgan fingerprint density at radius 3 is 2.59 bits per heavy atom. The molecule has 4 nitrogen and oxygen atoms in total. The van der Waals surface area contributed by atoms with Crippen LogP contribution in [0.15, 0.2) is 18.2 Å². The van der Waals surface area contributed by atoms with Crippen molar-refractivity contribution in [2.24, 2.45) is 0 Å². The molecule has 2 aliphatic rings. The van der Waals surface area contributed by atoms with Gasteiger partial charge >= 0.3 is 0 Å². The number of aromatic nitrogens is 1. The first kappa shape index (κ1) is 15.5. The minimum atomic E-state index is 0.0907. The Balaban J connectivity index is 1.71. The van der Waals surface area contributed by atoms with E-state index in [1.165, 1.54) is 19.3 Å². The second-order valence-electron chi connectivity index (χ2n) is 6.93. The van der Waals surface area contributed by atoms with Crippen LogP contribution in [-0.2, 0) is 0 Å². The lowest BCUT2D eigenvalue weighted by Gasteiger charge is -2.41. The van der Waals surface area contributed by atoms with Crippen molar-refractivity contribution in [3.63, 3.8) is 0 Å². The second kappa shape index (κ2) is 6.37. The summed E-state index contributed by atoms with van der Waals surface area (Å²) in [5.74, 6) is 0.0907. The SMILES string of the molecule is Cc1cccc(C(=O)N2CCC[C@H](N3[C@H](C)CC[C@H]3C)C2)n1. The molecule has 4 heteroatoms. The van der Waals surface area contributed by atoms with Gasteiger partial charge in [-0.2, -0.15) is 0 Å². The molecular formula is C18H27N3O. The maximum Gasteiger partial charge on any atom is 0.272 e. The molecule has 0 saturated carbocycles. The number of rotatable bonds is 2. The van der Waals surface area contributed by atoms with Gasteiger partial charge in [-0.15, -0.1) is 0 Å². The van der Waals surface area contributed by atoms with E-state index in [1.807, 2.05) is 30.0 Å². The molecule has 0 spiro atoms. The Hall–Kier alpha value is -1.42. The van der Waals surface area contributed by atoms with Crippen LogP contribution in [-0.4, -0.2) is 51.9 Å². The van der Waals surface area contributed by atoms with Gasteiger partial charge in [-0.25, -0.2) is 4.98 Å². The summed E-state index contributed by atoms with van der Waals surface area (Å²) in [6.07, 6.45) is 4.87. The zero-order valence-corrected chi connectivity index (χ0v) is 14.0. The fraction of sp³-hybridized carbons (Fsp3) is 0.667. The Morgan fingerprint density at radius 2 is 1.91 bits per heavy atom. The molecule has 1 aromatic heterocycles. The topological polar surface area (TPSA) is 36.4 Å². The Kier molecular flexibility index (Phi) is 4.48. The molecule has 0 aromatic carbocycles. The largest absolute Gasteiger partial charge is 0.336 e. The van der Waals surface area contributed by atoms with Gasteiger partial charge in [0.15, 0.2) is 0 Å². The van der Waals surface area contributed by atoms with Crippen LogP contribution < -0.4 is 0 Å². The second-order valence-corrected chi connectivity index (χ2v) is 6.93. The number of likely N-dealkylation sites (tertiary alicyclic amines) is 2. The van der Waals surface area contributed by atoms with Crippen molar-refractivity contribution in [3.05, 3.63) is 29.6 Å². The van der Waals surface area contributed by atoms with Crippen LogP contribution in [0.4, 0.5) is 0 Å². The third-order valence-electron chi connectivity index (χ3n) is 5.23. The van der Waals surface area contributed by atoms with Crippen molar-refractivity contribution in [1.82, 2.24) is 14.8 Å². The first-order chi connectivity index (χ1) is 10.6. The van der Waals surface area contributed by atoms with Crippen LogP contribution in [0, 0.1) is 6.92 Å². The molecule has 2 fully saturated rings. The monoisotopic (exact) mass is 301 g/mol. The van der Waals surface area contributed by atoms with Crippen LogP contribution in [0.3, 0.4) is 0 Å². The van der Waals surface area contributed by atoms with Crippen molar-refractivity contribution >= 4 is 5.91 Å². The number of amides is 1. The number of carbonyl (C=O) groups is 1. The molecule has 120 valence electrons. The molecule has 0 radical (unpaired) electrons. The Bertz CT molecular complexity index is 535. The summed E-state index contributed by atoms with van der Waals surface area (Å²) in [4.78, 5) is 21.8. The van der Waals surface area contributed by atoms with Crippen molar-refractivity contribution in [2.75, 3.05) is 13.1 Å². The van der Waals surface area contributed by atoms with Gasteiger partial charge in [0.05, 0.1) is 0 Å². The number of aryl methyl sites for hydroxylation is 1. The molecule has 0 aliphatic carbocycles. The molecule has 3 atom stereocenters. The minimum absolute atomic E-state index is 0.0907. The lowest BCUT2D eigenvalue weighted by molar-refractivity contribution is 0.0482. The van der Waals surface area contributed by atoms with Gasteiger partial charge in [0, 0.05) is 36.9 Å². The first-order valence-electron chi connectivity index (χ1n) is 8.56. The zero-order chi connectivity index (χ0) is 15.7. The summed E-state index contributed by atoms with van der Waals surface area (Å²) in [7, 11) is 0. The van der Waals surface area contributed by atoms with E-state index in [-0.39, 0.29) is 5.91 Å². The summed E-state index contributed by atoms with van der Waals surface area (Å²) in [5.41, 5.74) is 1.49. The van der Waals surface area contributed by atoms with Crippen molar-refractivity contribution in [3.8, 4) is 0 Å². The molecule has 3 heterocycles. The fourth-order valence-electron chi connectivity index (χ4n) is 4.14. The van der Waals surface area contributed by atoms with E-state index in [4.69, 9.17) is 0 Å². The van der Waals surface area contributed by atoms with Crippen LogP contribution in [0.1, 0.15) is 55.7 Å². The zero-order valence-electron chi connectivity index (χ0n) is 14.0. The predicted octanol–water partition coefficient (Wildman–Crippen LogP) is 2.87. The number of hydrogen-bond acceptors (Lipinski definition) is 3. The molecule has 1 aromatic rings. The summed E-state index contributed by atoms with van der Waals surface area (Å²) >= 11 is 0. The lowest BCUT2D eigenvalue weighted by atomic mass is 10.0. The van der Waals surface area contributed by atoms with Crippen LogP contribution in [0.2, 0.25) is 0 Å². The Morgan fingerprint density at radius 1 is 1.18 bits per heavy atom. The highest BCUT2D eigenvalue weighted by Crippen LogP contribution is 2.30. The summed E-state index contributed by atoms with van der Waals surface area (Å²) in [5, 5.41) is 0. The third kappa shape index (κ3) is 3.02. The van der Waals surface area contributed by atoms with Gasteiger partial charge in [-0.3, -0.25) is 9.69 Å². The molecule has 0 N–H and O–H groups in total. The summed E-state index contributed by atoms with van der Waals surface area (Å²) < 4.78 is 0. The van der Waals surface area contributed by atoms with Gasteiger partial charge in [0.2, 0.25) is 0 Å². The van der Waals surface area contributed by atoms with Crippen LogP contribution in [0.5, 0.6) is 0 Å². The number of piperidine rings is 1. The van der Waals surface area contributed by atoms with E-state index in [2.05, 4.69) is 23.7 Å². The van der Waals surface area contributed by atoms with Crippen LogP contribution >= 0.6 is 0 Å². The predicted molar refractivity (Wildman–Crippen MR) is 87.9 cm³/mol. The Labute approximate surface area is 133 Å². The molecule has 3 rings (SSSR count). The molecule has 2 aliphatic heterocycles. The maximum atomic E-state index is 12.7. The van der Waals surface area contributed by atoms with Gasteiger partial charge in [0.25, 0.3) is 5.91 Å². The highest BCUT2D eigenvalue weighted by Gasteiger charge is 2.36. The molecular weight excluding hydrogens is 274 g/mol. The standard InChI is InChI=1S/C18H27N3O/c1-13-6-4-8-17(19-13)18(22)20-11-5-7-16(12-20)21-14(2)9-10-15(21)3/h4,6,8,14-16H,5,7,9-12H2,1-3H3/t14-,15-,16+/m1/s1. The van der Waals surface area contributed by atoms with Crippen molar-refractivity contribution in [1.29, 1.82) is 0 Å². The van der Waals surface area contributed by atoms with E-state index in [0.29, 0.717) is 23.8 Å². The van der Waals surface area contributed by atoms with E-state index < -0.39 is 0 Å². The summed E-state index contributed by atoms with van der Waals surface area (Å²) in [6, 6.07) is 7.49. The van der Waals surface area contributed by atoms with Gasteiger partial charge < -0.3 is 4.90 Å². The lowest BCUT2D eigenvalue weighted by Crippen LogP contribution is -2.52. The van der Waals surface area contributed by atoms with Gasteiger partial charge in [-0.1, -0.05) is 6.07 Å².